The third kappa shape index (κ3) is 3.48. The Morgan fingerprint density at radius 1 is 1.15 bits per heavy atom. The highest BCUT2D eigenvalue weighted by atomic mass is 16.1. The SMILES string of the molecule is O=C(Nc1ccc(Cn2cncn2)cc1)c1cc(-c2cccnc2)n[nH]1. The van der Waals surface area contributed by atoms with Crippen molar-refractivity contribution in [3.05, 3.63) is 78.8 Å². The quantitative estimate of drug-likeness (QED) is 0.578. The number of H-pyrrole nitrogens is 1. The Bertz CT molecular complexity index is 992. The maximum atomic E-state index is 12.4. The molecule has 0 spiro atoms. The van der Waals surface area contributed by atoms with E-state index in [1.807, 2.05) is 36.4 Å². The van der Waals surface area contributed by atoms with Crippen LogP contribution in [-0.2, 0) is 6.54 Å². The van der Waals surface area contributed by atoms with Gasteiger partial charge in [-0.15, -0.1) is 0 Å². The molecule has 4 aromatic rings. The van der Waals surface area contributed by atoms with Gasteiger partial charge in [-0.25, -0.2) is 9.67 Å². The second-order valence-electron chi connectivity index (χ2n) is 5.65. The van der Waals surface area contributed by atoms with Crippen molar-refractivity contribution in [1.82, 2.24) is 29.9 Å². The minimum atomic E-state index is -0.253. The van der Waals surface area contributed by atoms with Crippen molar-refractivity contribution in [3.8, 4) is 11.3 Å². The van der Waals surface area contributed by atoms with Gasteiger partial charge in [0.1, 0.15) is 18.3 Å². The molecule has 2 N–H and O–H groups in total. The highest BCUT2D eigenvalue weighted by molar-refractivity contribution is 6.03. The van der Waals surface area contributed by atoms with Crippen LogP contribution in [-0.4, -0.2) is 35.9 Å². The molecule has 3 aromatic heterocycles. The molecule has 0 radical (unpaired) electrons. The number of carbonyl (C=O) groups excluding carboxylic acids is 1. The van der Waals surface area contributed by atoms with Gasteiger partial charge in [-0.05, 0) is 35.9 Å². The van der Waals surface area contributed by atoms with Gasteiger partial charge in [0.15, 0.2) is 0 Å². The second-order valence-corrected chi connectivity index (χ2v) is 5.65. The Balaban J connectivity index is 1.42. The van der Waals surface area contributed by atoms with Crippen LogP contribution in [0.3, 0.4) is 0 Å². The first kappa shape index (κ1) is 15.7. The van der Waals surface area contributed by atoms with Crippen molar-refractivity contribution in [2.75, 3.05) is 5.32 Å². The Kier molecular flexibility index (Phi) is 4.21. The Morgan fingerprint density at radius 2 is 2.04 bits per heavy atom. The highest BCUT2D eigenvalue weighted by Crippen LogP contribution is 2.17. The molecule has 8 nitrogen and oxygen atoms in total. The number of nitrogens with one attached hydrogen (secondary N) is 2. The number of benzene rings is 1. The van der Waals surface area contributed by atoms with Crippen molar-refractivity contribution in [3.63, 3.8) is 0 Å². The van der Waals surface area contributed by atoms with E-state index >= 15 is 0 Å². The molecule has 128 valence electrons. The zero-order valence-electron chi connectivity index (χ0n) is 13.7. The molecule has 0 bridgehead atoms. The van der Waals surface area contributed by atoms with E-state index in [1.54, 1.807) is 29.5 Å². The molecule has 8 heteroatoms. The largest absolute Gasteiger partial charge is 0.321 e. The van der Waals surface area contributed by atoms with Crippen molar-refractivity contribution in [2.24, 2.45) is 0 Å². The van der Waals surface area contributed by atoms with E-state index in [9.17, 15) is 4.79 Å². The van der Waals surface area contributed by atoms with Crippen LogP contribution in [0.4, 0.5) is 5.69 Å². The van der Waals surface area contributed by atoms with Crippen LogP contribution in [0.1, 0.15) is 16.1 Å². The first-order valence-corrected chi connectivity index (χ1v) is 7.96. The summed E-state index contributed by atoms with van der Waals surface area (Å²) in [6.45, 7) is 0.628. The zero-order chi connectivity index (χ0) is 17.8. The third-order valence-electron chi connectivity index (χ3n) is 3.80. The minimum absolute atomic E-state index is 0.253. The summed E-state index contributed by atoms with van der Waals surface area (Å²) in [5, 5.41) is 13.8. The Labute approximate surface area is 148 Å². The minimum Gasteiger partial charge on any atom is -0.321 e. The molecule has 0 saturated heterocycles. The van der Waals surface area contributed by atoms with E-state index in [4.69, 9.17) is 0 Å². The van der Waals surface area contributed by atoms with E-state index in [0.717, 1.165) is 11.1 Å². The molecule has 26 heavy (non-hydrogen) atoms. The van der Waals surface area contributed by atoms with E-state index in [-0.39, 0.29) is 5.91 Å². The number of anilines is 1. The van der Waals surface area contributed by atoms with Crippen LogP contribution >= 0.6 is 0 Å². The van der Waals surface area contributed by atoms with Gasteiger partial charge < -0.3 is 5.32 Å². The summed E-state index contributed by atoms with van der Waals surface area (Å²) in [5.41, 5.74) is 3.67. The fourth-order valence-electron chi connectivity index (χ4n) is 2.49. The summed E-state index contributed by atoms with van der Waals surface area (Å²) in [6, 6.07) is 13.0. The molecule has 0 fully saturated rings. The van der Waals surface area contributed by atoms with Gasteiger partial charge in [-0.1, -0.05) is 12.1 Å². The van der Waals surface area contributed by atoms with Crippen molar-refractivity contribution in [2.45, 2.75) is 6.54 Å². The molecule has 0 aliphatic carbocycles. The number of amides is 1. The molecule has 4 rings (SSSR count). The van der Waals surface area contributed by atoms with Crippen molar-refractivity contribution < 1.29 is 4.79 Å². The molecular formula is C18H15N7O. The molecule has 0 saturated carbocycles. The lowest BCUT2D eigenvalue weighted by Crippen LogP contribution is -2.12. The van der Waals surface area contributed by atoms with Crippen LogP contribution in [0, 0.1) is 0 Å². The van der Waals surface area contributed by atoms with E-state index in [1.165, 1.54) is 6.33 Å². The first-order valence-electron chi connectivity index (χ1n) is 7.96. The first-order chi connectivity index (χ1) is 12.8. The van der Waals surface area contributed by atoms with Crippen LogP contribution in [0.5, 0.6) is 0 Å². The average molecular weight is 345 g/mol. The van der Waals surface area contributed by atoms with Crippen LogP contribution < -0.4 is 5.32 Å². The highest BCUT2D eigenvalue weighted by Gasteiger charge is 2.11. The van der Waals surface area contributed by atoms with Crippen molar-refractivity contribution in [1.29, 1.82) is 0 Å². The number of pyridine rings is 1. The van der Waals surface area contributed by atoms with Gasteiger partial charge in [0, 0.05) is 23.6 Å². The smallest absolute Gasteiger partial charge is 0.273 e. The van der Waals surface area contributed by atoms with Gasteiger partial charge >= 0.3 is 0 Å². The Hall–Kier alpha value is -3.81. The molecular weight excluding hydrogens is 330 g/mol. The number of nitrogens with zero attached hydrogens (tertiary/aromatic N) is 5. The van der Waals surface area contributed by atoms with Crippen LogP contribution in [0.25, 0.3) is 11.3 Å². The predicted octanol–water partition coefficient (Wildman–Crippen LogP) is 2.36. The number of hydrogen-bond acceptors (Lipinski definition) is 5. The monoisotopic (exact) mass is 345 g/mol. The summed E-state index contributed by atoms with van der Waals surface area (Å²) in [4.78, 5) is 20.3. The van der Waals surface area contributed by atoms with Crippen LogP contribution in [0.15, 0.2) is 67.5 Å². The van der Waals surface area contributed by atoms with Gasteiger partial charge in [-0.2, -0.15) is 10.2 Å². The normalized spacial score (nSPS) is 10.6. The maximum absolute atomic E-state index is 12.4. The number of rotatable bonds is 5. The van der Waals surface area contributed by atoms with E-state index in [2.05, 4.69) is 30.6 Å². The van der Waals surface area contributed by atoms with Crippen LogP contribution in [0.2, 0.25) is 0 Å². The lowest BCUT2D eigenvalue weighted by molar-refractivity contribution is 0.102. The molecule has 1 aromatic carbocycles. The van der Waals surface area contributed by atoms with Gasteiger partial charge in [0.05, 0.1) is 12.2 Å². The number of carbonyl (C=O) groups is 1. The summed E-state index contributed by atoms with van der Waals surface area (Å²) < 4.78 is 1.73. The van der Waals surface area contributed by atoms with Gasteiger partial charge in [0.25, 0.3) is 5.91 Å². The topological polar surface area (TPSA) is 101 Å². The zero-order valence-corrected chi connectivity index (χ0v) is 13.7. The third-order valence-corrected chi connectivity index (χ3v) is 3.80. The summed E-state index contributed by atoms with van der Waals surface area (Å²) >= 11 is 0. The average Bonchev–Trinajstić information content (AvgIpc) is 3.36. The Morgan fingerprint density at radius 3 is 2.77 bits per heavy atom. The van der Waals surface area contributed by atoms with Gasteiger partial charge in [-0.3, -0.25) is 14.9 Å². The second kappa shape index (κ2) is 6.98. The standard InChI is InChI=1S/C18H15N7O/c26-18(17-8-16(23-24-17)14-2-1-7-19-9-14)22-15-5-3-13(4-6-15)10-25-12-20-11-21-25/h1-9,11-12H,10H2,(H,22,26)(H,23,24). The molecule has 0 aliphatic rings. The number of hydrogen-bond donors (Lipinski definition) is 2. The number of aromatic nitrogens is 6. The molecule has 0 unspecified atom stereocenters. The van der Waals surface area contributed by atoms with E-state index < -0.39 is 0 Å². The molecule has 3 heterocycles. The fraction of sp³-hybridized carbons (Fsp3) is 0.0556. The molecule has 0 atom stereocenters. The lowest BCUT2D eigenvalue weighted by Gasteiger charge is -2.05. The molecule has 1 amide bonds. The lowest BCUT2D eigenvalue weighted by atomic mass is 10.2. The maximum Gasteiger partial charge on any atom is 0.273 e. The van der Waals surface area contributed by atoms with Gasteiger partial charge in [0.2, 0.25) is 0 Å². The summed E-state index contributed by atoms with van der Waals surface area (Å²) in [6.07, 6.45) is 6.55. The fourth-order valence-corrected chi connectivity index (χ4v) is 2.49. The van der Waals surface area contributed by atoms with E-state index in [0.29, 0.717) is 23.6 Å². The summed E-state index contributed by atoms with van der Waals surface area (Å²) in [5.74, 6) is -0.253. The predicted molar refractivity (Wildman–Crippen MR) is 95.3 cm³/mol. The number of aromatic amines is 1. The summed E-state index contributed by atoms with van der Waals surface area (Å²) in [7, 11) is 0. The van der Waals surface area contributed by atoms with Crippen molar-refractivity contribution >= 4 is 11.6 Å². The molecule has 0 aliphatic heterocycles.